The number of esters is 4. The van der Waals surface area contributed by atoms with E-state index in [1.807, 2.05) is 0 Å². The maximum Gasteiger partial charge on any atom is 0.472 e. The molecule has 0 aliphatic rings. The van der Waals surface area contributed by atoms with Crippen LogP contribution in [0.25, 0.3) is 0 Å². The van der Waals surface area contributed by atoms with Crippen LogP contribution in [0.5, 0.6) is 0 Å². The van der Waals surface area contributed by atoms with Crippen molar-refractivity contribution in [1.82, 2.24) is 0 Å². The number of phosphoric acid groups is 2. The first kappa shape index (κ1) is 97.1. The van der Waals surface area contributed by atoms with Gasteiger partial charge in [-0.05, 0) is 43.4 Å². The van der Waals surface area contributed by atoms with Gasteiger partial charge in [0, 0.05) is 25.7 Å². The molecule has 0 amide bonds. The van der Waals surface area contributed by atoms with Gasteiger partial charge in [-0.15, -0.1) is 0 Å². The summed E-state index contributed by atoms with van der Waals surface area (Å²) < 4.78 is 68.5. The number of ether oxygens (including phenoxy) is 4. The predicted octanol–water partition coefficient (Wildman–Crippen LogP) is 23.7. The normalized spacial score (nSPS) is 14.3. The Hall–Kier alpha value is -1.94. The van der Waals surface area contributed by atoms with Gasteiger partial charge in [0.15, 0.2) is 12.2 Å². The molecule has 0 heterocycles. The molecule has 588 valence electrons. The zero-order valence-electron chi connectivity index (χ0n) is 65.0. The number of carbonyl (C=O) groups is 4. The molecule has 3 unspecified atom stereocenters. The van der Waals surface area contributed by atoms with Crippen LogP contribution >= 0.6 is 15.6 Å². The van der Waals surface area contributed by atoms with Crippen molar-refractivity contribution in [2.75, 3.05) is 39.6 Å². The molecule has 0 aliphatic carbocycles. The summed E-state index contributed by atoms with van der Waals surface area (Å²) in [6.07, 6.45) is 58.4. The minimum Gasteiger partial charge on any atom is -0.462 e. The molecule has 6 atom stereocenters. The van der Waals surface area contributed by atoms with Crippen LogP contribution in [0.4, 0.5) is 0 Å². The van der Waals surface area contributed by atoms with Gasteiger partial charge in [0.2, 0.25) is 0 Å². The van der Waals surface area contributed by atoms with E-state index >= 15 is 0 Å². The second-order valence-electron chi connectivity index (χ2n) is 30.0. The van der Waals surface area contributed by atoms with Crippen LogP contribution < -0.4 is 0 Å². The third-order valence-corrected chi connectivity index (χ3v) is 20.9. The molecule has 0 bridgehead atoms. The number of aliphatic hydroxyl groups is 1. The predicted molar refractivity (Wildman–Crippen MR) is 405 cm³/mol. The van der Waals surface area contributed by atoms with E-state index in [1.165, 1.54) is 212 Å². The Morgan fingerprint density at radius 1 is 0.293 bits per heavy atom. The molecule has 0 saturated carbocycles. The van der Waals surface area contributed by atoms with Crippen LogP contribution in [0.2, 0.25) is 0 Å². The number of phosphoric ester groups is 2. The minimum absolute atomic E-state index is 0.106. The lowest BCUT2D eigenvalue weighted by Gasteiger charge is -2.21. The van der Waals surface area contributed by atoms with Gasteiger partial charge in [0.05, 0.1) is 26.4 Å². The summed E-state index contributed by atoms with van der Waals surface area (Å²) >= 11 is 0. The summed E-state index contributed by atoms with van der Waals surface area (Å²) in [5.74, 6) is 0.310. The Kier molecular flexibility index (Phi) is 69.0. The highest BCUT2D eigenvalue weighted by molar-refractivity contribution is 7.47. The summed E-state index contributed by atoms with van der Waals surface area (Å²) in [7, 11) is -9.91. The zero-order chi connectivity index (χ0) is 73.0. The molecular formula is C80H156O17P2. The Labute approximate surface area is 607 Å². The summed E-state index contributed by atoms with van der Waals surface area (Å²) in [5, 5.41) is 10.6. The van der Waals surface area contributed by atoms with Crippen LogP contribution in [0, 0.1) is 17.8 Å². The lowest BCUT2D eigenvalue weighted by Crippen LogP contribution is -2.30. The van der Waals surface area contributed by atoms with Gasteiger partial charge in [-0.2, -0.15) is 0 Å². The standard InChI is InChI=1S/C80H156O17P2/c1-8-10-11-12-37-47-54-61-77(82)90-67-75(96-80(85)64-57-50-43-36-30-24-26-32-39-45-52-59-72(5)6)69-94-98(86,87)92-65-74(81)66-93-99(88,89)95-70-76(68-91-78(83)62-55-48-41-34-28-23-19-20-25-31-38-44-51-58-71(3)4)97-79(84)63-56-49-42-35-29-22-18-16-14-13-15-17-21-27-33-40-46-53-60-73(7)9-2/h71-76,81H,8-70H2,1-7H3,(H,86,87)(H,88,89)/t73?,74-,75+,76+/m0/s1. The van der Waals surface area contributed by atoms with Gasteiger partial charge >= 0.3 is 39.5 Å². The lowest BCUT2D eigenvalue weighted by atomic mass is 9.99. The monoisotopic (exact) mass is 1450 g/mol. The van der Waals surface area contributed by atoms with Crippen molar-refractivity contribution in [2.45, 2.75) is 433 Å². The first-order valence-electron chi connectivity index (χ1n) is 41.4. The largest absolute Gasteiger partial charge is 0.472 e. The van der Waals surface area contributed by atoms with E-state index in [9.17, 15) is 43.2 Å². The van der Waals surface area contributed by atoms with Crippen molar-refractivity contribution in [3.05, 3.63) is 0 Å². The van der Waals surface area contributed by atoms with Gasteiger partial charge in [-0.1, -0.05) is 363 Å². The second kappa shape index (κ2) is 70.4. The van der Waals surface area contributed by atoms with Crippen LogP contribution in [0.3, 0.4) is 0 Å². The fourth-order valence-corrected chi connectivity index (χ4v) is 13.9. The average molecular weight is 1450 g/mol. The van der Waals surface area contributed by atoms with Crippen LogP contribution in [-0.2, 0) is 65.4 Å². The van der Waals surface area contributed by atoms with Gasteiger partial charge in [-0.3, -0.25) is 37.3 Å². The van der Waals surface area contributed by atoms with Crippen molar-refractivity contribution in [1.29, 1.82) is 0 Å². The molecule has 0 aliphatic heterocycles. The fraction of sp³-hybridized carbons (Fsp3) is 0.950. The van der Waals surface area contributed by atoms with Crippen molar-refractivity contribution in [3.8, 4) is 0 Å². The van der Waals surface area contributed by atoms with Gasteiger partial charge in [0.1, 0.15) is 19.3 Å². The van der Waals surface area contributed by atoms with Crippen LogP contribution in [0.1, 0.15) is 414 Å². The smallest absolute Gasteiger partial charge is 0.462 e. The third-order valence-electron chi connectivity index (χ3n) is 19.0. The molecule has 0 radical (unpaired) electrons. The third kappa shape index (κ3) is 72.8. The first-order valence-corrected chi connectivity index (χ1v) is 44.4. The molecule has 17 nitrogen and oxygen atoms in total. The number of aliphatic hydroxyl groups excluding tert-OH is 1. The first-order chi connectivity index (χ1) is 47.8. The van der Waals surface area contributed by atoms with Crippen LogP contribution in [-0.4, -0.2) is 96.7 Å². The molecule has 19 heteroatoms. The summed E-state index contributed by atoms with van der Waals surface area (Å²) in [6.45, 7) is 12.0. The fourth-order valence-electron chi connectivity index (χ4n) is 12.3. The van der Waals surface area contributed by atoms with E-state index in [-0.39, 0.29) is 25.7 Å². The van der Waals surface area contributed by atoms with Crippen LogP contribution in [0.15, 0.2) is 0 Å². The van der Waals surface area contributed by atoms with E-state index in [0.717, 1.165) is 120 Å². The lowest BCUT2D eigenvalue weighted by molar-refractivity contribution is -0.161. The molecule has 3 N–H and O–H groups in total. The summed E-state index contributed by atoms with van der Waals surface area (Å²) in [4.78, 5) is 72.8. The molecule has 0 aromatic heterocycles. The molecular weight excluding hydrogens is 1290 g/mol. The molecule has 0 rings (SSSR count). The Morgan fingerprint density at radius 3 is 0.768 bits per heavy atom. The molecule has 0 aromatic rings. The number of hydrogen-bond acceptors (Lipinski definition) is 15. The van der Waals surface area contributed by atoms with E-state index < -0.39 is 97.5 Å². The van der Waals surface area contributed by atoms with E-state index in [2.05, 4.69) is 48.5 Å². The maximum atomic E-state index is 13.1. The van der Waals surface area contributed by atoms with E-state index in [1.54, 1.807) is 0 Å². The highest BCUT2D eigenvalue weighted by Crippen LogP contribution is 2.45. The Bertz CT molecular complexity index is 1920. The Morgan fingerprint density at radius 2 is 0.515 bits per heavy atom. The summed E-state index contributed by atoms with van der Waals surface area (Å²) in [6, 6.07) is 0. The minimum atomic E-state index is -4.96. The average Bonchev–Trinajstić information content (AvgIpc) is 1.04. The molecule has 0 saturated heterocycles. The molecule has 99 heavy (non-hydrogen) atoms. The number of unbranched alkanes of at least 4 members (excludes halogenated alkanes) is 45. The van der Waals surface area contributed by atoms with Gasteiger partial charge in [0.25, 0.3) is 0 Å². The molecule has 0 spiro atoms. The number of carbonyl (C=O) groups excluding carboxylic acids is 4. The van der Waals surface area contributed by atoms with Gasteiger partial charge in [-0.25, -0.2) is 9.13 Å². The van der Waals surface area contributed by atoms with Crippen molar-refractivity contribution in [2.24, 2.45) is 17.8 Å². The van der Waals surface area contributed by atoms with Crippen molar-refractivity contribution in [3.63, 3.8) is 0 Å². The zero-order valence-corrected chi connectivity index (χ0v) is 66.8. The number of hydrogen-bond donors (Lipinski definition) is 3. The SMILES string of the molecule is CCCCCCCCCC(=O)OC[C@H](COP(=O)(O)OC[C@H](O)COP(=O)(O)OC[C@@H](COC(=O)CCCCCCCCCCCCCCCC(C)C)OC(=O)CCCCCCCCCCCCCCCCCCCCC(C)CC)OC(=O)CCCCCCCCCCCCCC(C)C. The summed E-state index contributed by atoms with van der Waals surface area (Å²) in [5.41, 5.74) is 0. The molecule has 0 aromatic carbocycles. The maximum absolute atomic E-state index is 13.1. The van der Waals surface area contributed by atoms with E-state index in [0.29, 0.717) is 25.7 Å². The quantitative estimate of drug-likeness (QED) is 0.0222. The highest BCUT2D eigenvalue weighted by Gasteiger charge is 2.30. The second-order valence-corrected chi connectivity index (χ2v) is 32.9. The van der Waals surface area contributed by atoms with Crippen molar-refractivity contribution < 1.29 is 80.2 Å². The topological polar surface area (TPSA) is 237 Å². The molecule has 0 fully saturated rings. The van der Waals surface area contributed by atoms with E-state index in [4.69, 9.17) is 37.0 Å². The highest BCUT2D eigenvalue weighted by atomic mass is 31.2. The van der Waals surface area contributed by atoms with Gasteiger partial charge < -0.3 is 33.8 Å². The van der Waals surface area contributed by atoms with Crippen molar-refractivity contribution >= 4 is 39.5 Å². The Balaban J connectivity index is 5.17. The number of rotatable bonds is 78.